The van der Waals surface area contributed by atoms with Crippen molar-refractivity contribution in [1.82, 2.24) is 9.80 Å². The van der Waals surface area contributed by atoms with Crippen LogP contribution in [0.25, 0.3) is 11.1 Å². The fourth-order valence-electron chi connectivity index (χ4n) is 5.64. The molecular weight excluding hydrogens is 524 g/mol. The van der Waals surface area contributed by atoms with Gasteiger partial charge in [-0.3, -0.25) is 9.59 Å². The van der Waals surface area contributed by atoms with Gasteiger partial charge in [0.15, 0.2) is 0 Å². The van der Waals surface area contributed by atoms with Crippen LogP contribution in [-0.4, -0.2) is 41.2 Å². The number of nitrogens with zero attached hydrogens (tertiary/aromatic N) is 2. The third kappa shape index (κ3) is 6.46. The molecule has 0 spiro atoms. The fourth-order valence-corrected chi connectivity index (χ4v) is 6.55. The molecule has 4 aromatic rings. The van der Waals surface area contributed by atoms with E-state index in [2.05, 4.69) is 82.5 Å². The van der Waals surface area contributed by atoms with Gasteiger partial charge in [-0.05, 0) is 69.2 Å². The smallest absolute Gasteiger partial charge is 0.254 e. The van der Waals surface area contributed by atoms with Gasteiger partial charge in [0, 0.05) is 23.5 Å². The minimum Gasteiger partial charge on any atom is -0.330 e. The first kappa shape index (κ1) is 28.8. The lowest BCUT2D eigenvalue weighted by Crippen LogP contribution is -2.47. The van der Waals surface area contributed by atoms with Crippen LogP contribution in [0.15, 0.2) is 90.3 Å². The zero-order chi connectivity index (χ0) is 29.1. The molecule has 1 aliphatic heterocycles. The maximum absolute atomic E-state index is 14.0. The number of rotatable bonds is 7. The Morgan fingerprint density at radius 2 is 1.56 bits per heavy atom. The van der Waals surface area contributed by atoms with E-state index in [9.17, 15) is 9.59 Å². The summed E-state index contributed by atoms with van der Waals surface area (Å²) in [6.07, 6.45) is 0.842. The average molecular weight is 565 g/mol. The summed E-state index contributed by atoms with van der Waals surface area (Å²) in [5, 5.41) is 2.13. The molecule has 5 rings (SSSR count). The van der Waals surface area contributed by atoms with E-state index in [0.717, 1.165) is 23.1 Å². The first-order valence-electron chi connectivity index (χ1n) is 14.5. The second-order valence-corrected chi connectivity index (χ2v) is 13.4. The lowest BCUT2D eigenvalue weighted by molar-refractivity contribution is -0.134. The van der Waals surface area contributed by atoms with Gasteiger partial charge in [0.2, 0.25) is 5.91 Å². The standard InChI is InChI=1S/C36H40N2O2S/c1-25(2)23-37(35(40)29-13-11-27(12-14-29)26-9-7-6-8-10-26)24-33(39)38-21-19-32-31(20-22-41-32)34(38)28-15-17-30(18-16-28)36(3,4)5/h6-18,20,22,25,34H,19,21,23-24H2,1-5H3. The van der Waals surface area contributed by atoms with Gasteiger partial charge in [-0.25, -0.2) is 0 Å². The summed E-state index contributed by atoms with van der Waals surface area (Å²) in [5.74, 6) is 0.119. The van der Waals surface area contributed by atoms with Crippen molar-refractivity contribution in [3.8, 4) is 11.1 Å². The highest BCUT2D eigenvalue weighted by atomic mass is 32.1. The van der Waals surface area contributed by atoms with Crippen LogP contribution in [0.4, 0.5) is 0 Å². The predicted molar refractivity (Wildman–Crippen MR) is 169 cm³/mol. The normalized spacial score (nSPS) is 15.1. The molecule has 0 fully saturated rings. The highest BCUT2D eigenvalue weighted by molar-refractivity contribution is 7.10. The third-order valence-electron chi connectivity index (χ3n) is 7.82. The summed E-state index contributed by atoms with van der Waals surface area (Å²) in [6, 6.07) is 28.6. The molecule has 0 saturated carbocycles. The van der Waals surface area contributed by atoms with Crippen molar-refractivity contribution in [1.29, 1.82) is 0 Å². The van der Waals surface area contributed by atoms with Crippen LogP contribution in [0, 0.1) is 5.92 Å². The Hall–Kier alpha value is -3.70. The summed E-state index contributed by atoms with van der Waals surface area (Å²) in [5.41, 5.74) is 6.43. The van der Waals surface area contributed by atoms with Crippen molar-refractivity contribution < 1.29 is 9.59 Å². The maximum Gasteiger partial charge on any atom is 0.254 e. The molecule has 0 bridgehead atoms. The summed E-state index contributed by atoms with van der Waals surface area (Å²) >= 11 is 1.77. The minimum absolute atomic E-state index is 0.0124. The van der Waals surface area contributed by atoms with Crippen LogP contribution in [0.2, 0.25) is 0 Å². The molecule has 2 amide bonds. The van der Waals surface area contributed by atoms with Gasteiger partial charge in [0.1, 0.15) is 6.54 Å². The van der Waals surface area contributed by atoms with Crippen molar-refractivity contribution in [2.75, 3.05) is 19.6 Å². The molecule has 1 atom stereocenters. The van der Waals surface area contributed by atoms with E-state index < -0.39 is 0 Å². The summed E-state index contributed by atoms with van der Waals surface area (Å²) in [7, 11) is 0. The zero-order valence-corrected chi connectivity index (χ0v) is 25.6. The highest BCUT2D eigenvalue weighted by Gasteiger charge is 2.34. The molecule has 0 radical (unpaired) electrons. The predicted octanol–water partition coefficient (Wildman–Crippen LogP) is 7.99. The molecule has 1 unspecified atom stereocenters. The largest absolute Gasteiger partial charge is 0.330 e. The molecule has 5 heteroatoms. The topological polar surface area (TPSA) is 40.6 Å². The molecule has 2 heterocycles. The molecule has 1 aliphatic rings. The van der Waals surface area contributed by atoms with E-state index in [1.807, 2.05) is 47.4 Å². The van der Waals surface area contributed by atoms with Crippen molar-refractivity contribution in [2.45, 2.75) is 52.5 Å². The molecule has 0 N–H and O–H groups in total. The lowest BCUT2D eigenvalue weighted by Gasteiger charge is -2.38. The number of carbonyl (C=O) groups excluding carboxylic acids is 2. The lowest BCUT2D eigenvalue weighted by atomic mass is 9.85. The van der Waals surface area contributed by atoms with Crippen LogP contribution in [-0.2, 0) is 16.6 Å². The number of amides is 2. The Labute approximate surface area is 248 Å². The first-order valence-corrected chi connectivity index (χ1v) is 15.4. The minimum atomic E-state index is -0.146. The zero-order valence-electron chi connectivity index (χ0n) is 24.8. The molecule has 3 aromatic carbocycles. The third-order valence-corrected chi connectivity index (χ3v) is 8.81. The number of fused-ring (bicyclic) bond motifs is 1. The molecule has 212 valence electrons. The van der Waals surface area contributed by atoms with Gasteiger partial charge in [-0.15, -0.1) is 11.3 Å². The summed E-state index contributed by atoms with van der Waals surface area (Å²) < 4.78 is 0. The Bertz CT molecular complexity index is 1480. The number of hydrogen-bond donors (Lipinski definition) is 0. The van der Waals surface area contributed by atoms with E-state index in [-0.39, 0.29) is 35.7 Å². The van der Waals surface area contributed by atoms with Crippen molar-refractivity contribution >= 4 is 23.2 Å². The Kier molecular flexibility index (Phi) is 8.46. The number of benzene rings is 3. The molecular formula is C36H40N2O2S. The van der Waals surface area contributed by atoms with Gasteiger partial charge in [0.25, 0.3) is 5.91 Å². The maximum atomic E-state index is 14.0. The molecule has 4 nitrogen and oxygen atoms in total. The van der Waals surface area contributed by atoms with E-state index in [4.69, 9.17) is 0 Å². The number of hydrogen-bond acceptors (Lipinski definition) is 3. The van der Waals surface area contributed by atoms with Crippen LogP contribution < -0.4 is 0 Å². The fraction of sp³-hybridized carbons (Fsp3) is 0.333. The number of carbonyl (C=O) groups is 2. The van der Waals surface area contributed by atoms with Crippen LogP contribution >= 0.6 is 11.3 Å². The van der Waals surface area contributed by atoms with Crippen molar-refractivity contribution in [3.63, 3.8) is 0 Å². The second kappa shape index (κ2) is 12.0. The van der Waals surface area contributed by atoms with Crippen molar-refractivity contribution in [3.05, 3.63) is 117 Å². The van der Waals surface area contributed by atoms with Gasteiger partial charge >= 0.3 is 0 Å². The quantitative estimate of drug-likeness (QED) is 0.228. The Morgan fingerprint density at radius 1 is 0.902 bits per heavy atom. The number of thiophene rings is 1. The van der Waals surface area contributed by atoms with E-state index in [0.29, 0.717) is 18.7 Å². The Balaban J connectivity index is 1.39. The van der Waals surface area contributed by atoms with E-state index >= 15 is 0 Å². The van der Waals surface area contributed by atoms with E-state index in [1.165, 1.54) is 16.0 Å². The Morgan fingerprint density at radius 3 is 2.20 bits per heavy atom. The monoisotopic (exact) mass is 564 g/mol. The average Bonchev–Trinajstić information content (AvgIpc) is 3.45. The van der Waals surface area contributed by atoms with Crippen molar-refractivity contribution in [2.24, 2.45) is 5.92 Å². The SMILES string of the molecule is CC(C)CN(CC(=O)N1CCc2sccc2C1c1ccc(C(C)(C)C)cc1)C(=O)c1ccc(-c2ccccc2)cc1. The van der Waals surface area contributed by atoms with E-state index in [1.54, 1.807) is 16.2 Å². The van der Waals surface area contributed by atoms with Gasteiger partial charge in [-0.2, -0.15) is 0 Å². The highest BCUT2D eigenvalue weighted by Crippen LogP contribution is 2.38. The molecule has 0 saturated heterocycles. The van der Waals surface area contributed by atoms with Crippen LogP contribution in [0.5, 0.6) is 0 Å². The second-order valence-electron chi connectivity index (χ2n) is 12.4. The molecule has 41 heavy (non-hydrogen) atoms. The van der Waals surface area contributed by atoms with Gasteiger partial charge in [0.05, 0.1) is 6.04 Å². The van der Waals surface area contributed by atoms with Gasteiger partial charge < -0.3 is 9.80 Å². The molecule has 0 aliphatic carbocycles. The first-order chi connectivity index (χ1) is 19.6. The summed E-state index contributed by atoms with van der Waals surface area (Å²) in [4.78, 5) is 32.8. The van der Waals surface area contributed by atoms with Gasteiger partial charge in [-0.1, -0.05) is 101 Å². The van der Waals surface area contributed by atoms with Crippen LogP contribution in [0.3, 0.4) is 0 Å². The molecule has 1 aromatic heterocycles. The summed E-state index contributed by atoms with van der Waals surface area (Å²) in [6.45, 7) is 12.0. The van der Waals surface area contributed by atoms with Crippen LogP contribution in [0.1, 0.15) is 72.6 Å².